The van der Waals surface area contributed by atoms with Gasteiger partial charge in [0.15, 0.2) is 0 Å². The van der Waals surface area contributed by atoms with Crippen molar-refractivity contribution in [3.8, 4) is 6.07 Å². The third-order valence-corrected chi connectivity index (χ3v) is 1.97. The van der Waals surface area contributed by atoms with Crippen LogP contribution in [0.3, 0.4) is 0 Å². The van der Waals surface area contributed by atoms with E-state index in [1.807, 2.05) is 0 Å². The zero-order chi connectivity index (χ0) is 10.7. The number of aromatic nitrogens is 1. The Kier molecular flexibility index (Phi) is 3.20. The molecule has 1 rings (SSSR count). The van der Waals surface area contributed by atoms with Crippen molar-refractivity contribution in [3.63, 3.8) is 0 Å². The molecule has 0 aromatic carbocycles. The number of anilines is 1. The molecule has 0 fully saturated rings. The summed E-state index contributed by atoms with van der Waals surface area (Å²) in [6.45, 7) is 0. The summed E-state index contributed by atoms with van der Waals surface area (Å²) in [5, 5.41) is 8.50. The van der Waals surface area contributed by atoms with E-state index in [4.69, 9.17) is 22.6 Å². The summed E-state index contributed by atoms with van der Waals surface area (Å²) in [4.78, 5) is 3.44. The Morgan fingerprint density at radius 1 is 1.64 bits per heavy atom. The molecule has 0 radical (unpaired) electrons. The maximum Gasteiger partial charge on any atom is 0.280 e. The van der Waals surface area contributed by atoms with Crippen LogP contribution in [0.1, 0.15) is 17.7 Å². The second-order valence-electron chi connectivity index (χ2n) is 2.52. The van der Waals surface area contributed by atoms with E-state index in [2.05, 4.69) is 4.98 Å². The fourth-order valence-electron chi connectivity index (χ4n) is 1.01. The van der Waals surface area contributed by atoms with Crippen LogP contribution in [0.5, 0.6) is 0 Å². The van der Waals surface area contributed by atoms with Crippen LogP contribution in [0.4, 0.5) is 14.5 Å². The van der Waals surface area contributed by atoms with Crippen LogP contribution in [-0.4, -0.2) is 4.98 Å². The summed E-state index contributed by atoms with van der Waals surface area (Å²) < 4.78 is 24.8. The summed E-state index contributed by atoms with van der Waals surface area (Å²) in [6.07, 6.45) is -1.92. The standard InChI is InChI=1S/C8H6ClF2N3/c9-5-3-14-7(8(10)11)4(1-2-12)6(5)13/h3,8H,1H2,(H2,13,14). The lowest BCUT2D eigenvalue weighted by atomic mass is 10.1. The van der Waals surface area contributed by atoms with Gasteiger partial charge in [-0.15, -0.1) is 0 Å². The molecule has 0 atom stereocenters. The number of nitrogens with zero attached hydrogens (tertiary/aromatic N) is 2. The Bertz CT molecular complexity index is 387. The summed E-state index contributed by atoms with van der Waals surface area (Å²) in [7, 11) is 0. The van der Waals surface area contributed by atoms with Crippen molar-refractivity contribution in [2.24, 2.45) is 0 Å². The van der Waals surface area contributed by atoms with E-state index in [0.29, 0.717) is 0 Å². The van der Waals surface area contributed by atoms with Gasteiger partial charge in [-0.1, -0.05) is 11.6 Å². The lowest BCUT2D eigenvalue weighted by Gasteiger charge is -2.08. The molecule has 0 unspecified atom stereocenters. The minimum absolute atomic E-state index is 0.00137. The molecule has 3 nitrogen and oxygen atoms in total. The molecule has 1 aromatic heterocycles. The highest BCUT2D eigenvalue weighted by atomic mass is 35.5. The first-order valence-corrected chi connectivity index (χ1v) is 4.03. The molecular weight excluding hydrogens is 212 g/mol. The number of nitrogens with two attached hydrogens (primary N) is 1. The van der Waals surface area contributed by atoms with Gasteiger partial charge in [0, 0.05) is 11.8 Å². The molecule has 0 saturated heterocycles. The second kappa shape index (κ2) is 4.20. The monoisotopic (exact) mass is 217 g/mol. The minimum atomic E-state index is -2.75. The van der Waals surface area contributed by atoms with Gasteiger partial charge in [-0.25, -0.2) is 8.78 Å². The fraction of sp³-hybridized carbons (Fsp3) is 0.250. The Morgan fingerprint density at radius 3 is 2.79 bits per heavy atom. The maximum atomic E-state index is 12.4. The van der Waals surface area contributed by atoms with Crippen LogP contribution in [0.2, 0.25) is 5.02 Å². The average Bonchev–Trinajstić information content (AvgIpc) is 2.13. The molecule has 1 heterocycles. The van der Waals surface area contributed by atoms with Crippen molar-refractivity contribution in [2.45, 2.75) is 12.8 Å². The summed E-state index contributed by atoms with van der Waals surface area (Å²) >= 11 is 5.58. The van der Waals surface area contributed by atoms with Crippen molar-refractivity contribution in [1.82, 2.24) is 4.98 Å². The molecule has 0 bridgehead atoms. The highest BCUT2D eigenvalue weighted by Gasteiger charge is 2.18. The molecule has 6 heteroatoms. The largest absolute Gasteiger partial charge is 0.397 e. The molecule has 0 amide bonds. The molecule has 0 aliphatic rings. The number of alkyl halides is 2. The SMILES string of the molecule is N#CCc1c(C(F)F)ncc(Cl)c1N. The van der Waals surface area contributed by atoms with Crippen LogP contribution in [0.25, 0.3) is 0 Å². The van der Waals surface area contributed by atoms with Crippen molar-refractivity contribution in [3.05, 3.63) is 22.5 Å². The zero-order valence-corrected chi connectivity index (χ0v) is 7.72. The molecule has 0 aliphatic carbocycles. The molecule has 0 spiro atoms. The van der Waals surface area contributed by atoms with Crippen LogP contribution >= 0.6 is 11.6 Å². The van der Waals surface area contributed by atoms with E-state index in [9.17, 15) is 8.78 Å². The molecule has 2 N–H and O–H groups in total. The van der Waals surface area contributed by atoms with Gasteiger partial charge in [0.25, 0.3) is 6.43 Å². The van der Waals surface area contributed by atoms with E-state index in [-0.39, 0.29) is 22.7 Å². The van der Waals surface area contributed by atoms with E-state index in [1.54, 1.807) is 6.07 Å². The minimum Gasteiger partial charge on any atom is -0.397 e. The quantitative estimate of drug-likeness (QED) is 0.827. The zero-order valence-electron chi connectivity index (χ0n) is 6.97. The first-order valence-electron chi connectivity index (χ1n) is 3.65. The Morgan fingerprint density at radius 2 is 2.29 bits per heavy atom. The molecule has 74 valence electrons. The van der Waals surface area contributed by atoms with Gasteiger partial charge in [0.05, 0.1) is 23.2 Å². The number of hydrogen-bond acceptors (Lipinski definition) is 3. The van der Waals surface area contributed by atoms with Crippen LogP contribution in [-0.2, 0) is 6.42 Å². The topological polar surface area (TPSA) is 62.7 Å². The van der Waals surface area contributed by atoms with Crippen molar-refractivity contribution in [1.29, 1.82) is 5.26 Å². The van der Waals surface area contributed by atoms with E-state index in [0.717, 1.165) is 6.20 Å². The van der Waals surface area contributed by atoms with Gasteiger partial charge in [0.1, 0.15) is 5.69 Å². The number of nitrogen functional groups attached to an aromatic ring is 1. The third kappa shape index (κ3) is 1.91. The predicted octanol–water partition coefficient (Wildman–Crippen LogP) is 2.32. The highest BCUT2D eigenvalue weighted by molar-refractivity contribution is 6.33. The van der Waals surface area contributed by atoms with E-state index < -0.39 is 12.1 Å². The molecule has 0 saturated carbocycles. The first-order chi connectivity index (χ1) is 6.57. The number of rotatable bonds is 2. The smallest absolute Gasteiger partial charge is 0.280 e. The Balaban J connectivity index is 3.31. The third-order valence-electron chi connectivity index (χ3n) is 1.67. The molecule has 1 aromatic rings. The lowest BCUT2D eigenvalue weighted by Crippen LogP contribution is -2.03. The van der Waals surface area contributed by atoms with Crippen LogP contribution < -0.4 is 5.73 Å². The average molecular weight is 218 g/mol. The number of hydrogen-bond donors (Lipinski definition) is 1. The van der Waals surface area contributed by atoms with E-state index >= 15 is 0 Å². The number of pyridine rings is 1. The fourth-order valence-corrected chi connectivity index (χ4v) is 1.17. The first kappa shape index (κ1) is 10.7. The summed E-state index contributed by atoms with van der Waals surface area (Å²) in [6, 6.07) is 1.74. The molecule has 0 aliphatic heterocycles. The van der Waals surface area contributed by atoms with Gasteiger partial charge in [-0.2, -0.15) is 5.26 Å². The number of halogens is 3. The summed E-state index contributed by atoms with van der Waals surface area (Å²) in [5.74, 6) is 0. The predicted molar refractivity (Wildman–Crippen MR) is 47.9 cm³/mol. The second-order valence-corrected chi connectivity index (χ2v) is 2.93. The Labute approximate surface area is 84.1 Å². The van der Waals surface area contributed by atoms with Crippen molar-refractivity contribution >= 4 is 17.3 Å². The van der Waals surface area contributed by atoms with Crippen LogP contribution in [0.15, 0.2) is 6.20 Å². The van der Waals surface area contributed by atoms with Gasteiger partial charge in [-0.3, -0.25) is 4.98 Å². The van der Waals surface area contributed by atoms with E-state index in [1.165, 1.54) is 0 Å². The molecular formula is C8H6ClF2N3. The lowest BCUT2D eigenvalue weighted by molar-refractivity contribution is 0.145. The normalized spacial score (nSPS) is 10.2. The van der Waals surface area contributed by atoms with Crippen LogP contribution in [0, 0.1) is 11.3 Å². The highest BCUT2D eigenvalue weighted by Crippen LogP contribution is 2.29. The van der Waals surface area contributed by atoms with Gasteiger partial charge < -0.3 is 5.73 Å². The Hall–Kier alpha value is -1.41. The number of nitriles is 1. The van der Waals surface area contributed by atoms with Crippen molar-refractivity contribution < 1.29 is 8.78 Å². The van der Waals surface area contributed by atoms with Gasteiger partial charge in [0.2, 0.25) is 0 Å². The van der Waals surface area contributed by atoms with Gasteiger partial charge in [-0.05, 0) is 0 Å². The maximum absolute atomic E-state index is 12.4. The van der Waals surface area contributed by atoms with Crippen molar-refractivity contribution in [2.75, 3.05) is 5.73 Å². The summed E-state index contributed by atoms with van der Waals surface area (Å²) in [5.41, 5.74) is 4.98. The van der Waals surface area contributed by atoms with Gasteiger partial charge >= 0.3 is 0 Å². The molecule has 14 heavy (non-hydrogen) atoms.